The summed E-state index contributed by atoms with van der Waals surface area (Å²) < 4.78 is 14.5. The Kier molecular flexibility index (Phi) is 4.32. The Hall–Kier alpha value is -2.40. The lowest BCUT2D eigenvalue weighted by Crippen LogP contribution is -2.03. The van der Waals surface area contributed by atoms with E-state index in [4.69, 9.17) is 11.6 Å². The second kappa shape index (κ2) is 6.16. The second-order valence-electron chi connectivity index (χ2n) is 3.86. The van der Waals surface area contributed by atoms with E-state index < -0.39 is 11.6 Å². The molecule has 0 aliphatic rings. The van der Waals surface area contributed by atoms with Crippen LogP contribution in [0.3, 0.4) is 0 Å². The summed E-state index contributed by atoms with van der Waals surface area (Å²) >= 11 is 5.64. The Morgan fingerprint density at radius 3 is 2.85 bits per heavy atom. The van der Waals surface area contributed by atoms with E-state index in [-0.39, 0.29) is 10.9 Å². The van der Waals surface area contributed by atoms with Crippen LogP contribution in [-0.4, -0.2) is 20.6 Å². The van der Waals surface area contributed by atoms with Crippen LogP contribution in [0.2, 0.25) is 5.02 Å². The molecule has 1 N–H and O–H groups in total. The minimum atomic E-state index is -0.796. The number of allylic oxidation sites excluding steroid dienone is 3. The second-order valence-corrected chi connectivity index (χ2v) is 4.27. The summed E-state index contributed by atoms with van der Waals surface area (Å²) in [7, 11) is 0. The first-order valence-corrected chi connectivity index (χ1v) is 6.01. The number of hydrogen-bond acceptors (Lipinski definition) is 3. The van der Waals surface area contributed by atoms with Crippen molar-refractivity contribution >= 4 is 23.6 Å². The van der Waals surface area contributed by atoms with E-state index >= 15 is 0 Å². The van der Waals surface area contributed by atoms with Gasteiger partial charge in [-0.25, -0.2) is 9.37 Å². The molecule has 0 unspecified atom stereocenters. The van der Waals surface area contributed by atoms with Crippen molar-refractivity contribution in [2.24, 2.45) is 0 Å². The number of imidazole rings is 1. The quantitative estimate of drug-likeness (QED) is 0.697. The number of aromatic hydroxyl groups is 1. The van der Waals surface area contributed by atoms with Gasteiger partial charge in [0.25, 0.3) is 5.91 Å². The van der Waals surface area contributed by atoms with E-state index in [0.29, 0.717) is 5.56 Å². The van der Waals surface area contributed by atoms with Crippen molar-refractivity contribution in [2.45, 2.75) is 0 Å². The SMILES string of the molecule is O=C(/C=C/C=C/c1cc(F)c(O)c(Cl)c1)n1ccnc1. The van der Waals surface area contributed by atoms with Crippen LogP contribution < -0.4 is 0 Å². The van der Waals surface area contributed by atoms with Gasteiger partial charge in [-0.2, -0.15) is 0 Å². The van der Waals surface area contributed by atoms with E-state index in [9.17, 15) is 14.3 Å². The van der Waals surface area contributed by atoms with Crippen LogP contribution in [0.15, 0.2) is 49.1 Å². The van der Waals surface area contributed by atoms with Gasteiger partial charge >= 0.3 is 0 Å². The number of halogens is 2. The van der Waals surface area contributed by atoms with E-state index in [0.717, 1.165) is 6.07 Å². The van der Waals surface area contributed by atoms with Crippen molar-refractivity contribution < 1.29 is 14.3 Å². The van der Waals surface area contributed by atoms with Gasteiger partial charge in [-0.05, 0) is 17.7 Å². The van der Waals surface area contributed by atoms with Crippen molar-refractivity contribution in [3.8, 4) is 5.75 Å². The van der Waals surface area contributed by atoms with Crippen molar-refractivity contribution in [3.63, 3.8) is 0 Å². The maximum absolute atomic E-state index is 13.2. The normalized spacial score (nSPS) is 11.5. The zero-order valence-corrected chi connectivity index (χ0v) is 11.0. The van der Waals surface area contributed by atoms with Crippen LogP contribution in [0.5, 0.6) is 5.75 Å². The van der Waals surface area contributed by atoms with Crippen LogP contribution in [0.25, 0.3) is 6.08 Å². The molecule has 0 amide bonds. The summed E-state index contributed by atoms with van der Waals surface area (Å²) in [6.07, 6.45) is 10.4. The number of carbonyl (C=O) groups is 1. The third kappa shape index (κ3) is 3.33. The van der Waals surface area contributed by atoms with Gasteiger partial charge in [-0.1, -0.05) is 29.8 Å². The van der Waals surface area contributed by atoms with Crippen molar-refractivity contribution in [2.75, 3.05) is 0 Å². The predicted octanol–water partition coefficient (Wildman–Crippen LogP) is 3.29. The van der Waals surface area contributed by atoms with Crippen LogP contribution in [0, 0.1) is 5.82 Å². The number of phenolic OH excluding ortho intramolecular Hbond substituents is 1. The van der Waals surface area contributed by atoms with Gasteiger partial charge in [-0.15, -0.1) is 0 Å². The molecule has 0 saturated carbocycles. The van der Waals surface area contributed by atoms with Gasteiger partial charge in [0.05, 0.1) is 5.02 Å². The van der Waals surface area contributed by atoms with Gasteiger partial charge in [0, 0.05) is 18.5 Å². The topological polar surface area (TPSA) is 55.1 Å². The highest BCUT2D eigenvalue weighted by Crippen LogP contribution is 2.28. The first-order chi connectivity index (χ1) is 9.58. The van der Waals surface area contributed by atoms with Gasteiger partial charge in [0.1, 0.15) is 6.33 Å². The molecule has 1 heterocycles. The van der Waals surface area contributed by atoms with Crippen LogP contribution in [0.4, 0.5) is 4.39 Å². The van der Waals surface area contributed by atoms with Gasteiger partial charge in [0.15, 0.2) is 11.6 Å². The minimum Gasteiger partial charge on any atom is -0.504 e. The van der Waals surface area contributed by atoms with E-state index in [1.54, 1.807) is 12.2 Å². The third-order valence-electron chi connectivity index (χ3n) is 2.44. The fourth-order valence-corrected chi connectivity index (χ4v) is 1.68. The molecule has 4 nitrogen and oxygen atoms in total. The smallest absolute Gasteiger partial charge is 0.255 e. The molecule has 0 bridgehead atoms. The maximum atomic E-state index is 13.2. The highest BCUT2D eigenvalue weighted by atomic mass is 35.5. The van der Waals surface area contributed by atoms with E-state index in [1.807, 2.05) is 0 Å². The highest BCUT2D eigenvalue weighted by molar-refractivity contribution is 6.32. The zero-order chi connectivity index (χ0) is 14.5. The van der Waals surface area contributed by atoms with Gasteiger partial charge in [0.2, 0.25) is 0 Å². The molecule has 0 saturated heterocycles. The molecular weight excluding hydrogens is 283 g/mol. The molecule has 0 fully saturated rings. The Morgan fingerprint density at radius 2 is 2.20 bits per heavy atom. The lowest BCUT2D eigenvalue weighted by Gasteiger charge is -1.99. The van der Waals surface area contributed by atoms with Gasteiger partial charge in [-0.3, -0.25) is 9.36 Å². The number of nitrogens with zero attached hydrogens (tertiary/aromatic N) is 2. The molecular formula is C14H10ClFN2O2. The standard InChI is InChI=1S/C14H10ClFN2O2/c15-11-7-10(8-12(16)14(11)20)3-1-2-4-13(19)18-6-5-17-9-18/h1-9,20H/b3-1+,4-2+. The van der Waals surface area contributed by atoms with E-state index in [2.05, 4.69) is 4.98 Å². The summed E-state index contributed by atoms with van der Waals surface area (Å²) in [5, 5.41) is 9.12. The Balaban J connectivity index is 2.05. The molecule has 0 aliphatic heterocycles. The summed E-state index contributed by atoms with van der Waals surface area (Å²) in [4.78, 5) is 15.3. The number of benzene rings is 1. The molecule has 0 radical (unpaired) electrons. The number of aromatic nitrogens is 2. The average Bonchev–Trinajstić information content (AvgIpc) is 2.94. The van der Waals surface area contributed by atoms with Crippen LogP contribution in [0.1, 0.15) is 10.4 Å². The summed E-state index contributed by atoms with van der Waals surface area (Å²) in [6.45, 7) is 0. The Morgan fingerprint density at radius 1 is 1.40 bits per heavy atom. The van der Waals surface area contributed by atoms with Crippen molar-refractivity contribution in [1.82, 2.24) is 9.55 Å². The first kappa shape index (κ1) is 14.0. The van der Waals surface area contributed by atoms with Crippen molar-refractivity contribution in [1.29, 1.82) is 0 Å². The molecule has 6 heteroatoms. The molecule has 2 aromatic rings. The number of phenols is 1. The highest BCUT2D eigenvalue weighted by Gasteiger charge is 2.06. The summed E-state index contributed by atoms with van der Waals surface area (Å²) in [6, 6.07) is 2.56. The lowest BCUT2D eigenvalue weighted by atomic mass is 10.2. The molecule has 20 heavy (non-hydrogen) atoms. The molecule has 0 atom stereocenters. The minimum absolute atomic E-state index is 0.0666. The lowest BCUT2D eigenvalue weighted by molar-refractivity contribution is 0.0968. The molecule has 102 valence electrons. The monoisotopic (exact) mass is 292 g/mol. The third-order valence-corrected chi connectivity index (χ3v) is 2.72. The Labute approximate surface area is 119 Å². The average molecular weight is 293 g/mol. The zero-order valence-electron chi connectivity index (χ0n) is 10.2. The van der Waals surface area contributed by atoms with E-state index in [1.165, 1.54) is 41.5 Å². The molecule has 1 aromatic heterocycles. The largest absolute Gasteiger partial charge is 0.504 e. The van der Waals surface area contributed by atoms with Crippen LogP contribution >= 0.6 is 11.6 Å². The fraction of sp³-hybridized carbons (Fsp3) is 0. The molecule has 1 aromatic carbocycles. The number of carbonyl (C=O) groups excluding carboxylic acids is 1. The molecule has 0 spiro atoms. The van der Waals surface area contributed by atoms with Crippen LogP contribution in [-0.2, 0) is 0 Å². The van der Waals surface area contributed by atoms with Gasteiger partial charge < -0.3 is 5.11 Å². The number of rotatable bonds is 3. The fourth-order valence-electron chi connectivity index (χ4n) is 1.46. The summed E-state index contributed by atoms with van der Waals surface area (Å²) in [5.41, 5.74) is 0.477. The molecule has 0 aliphatic carbocycles. The maximum Gasteiger partial charge on any atom is 0.255 e. The summed E-state index contributed by atoms with van der Waals surface area (Å²) in [5.74, 6) is -1.62. The van der Waals surface area contributed by atoms with Crippen molar-refractivity contribution in [3.05, 3.63) is 65.5 Å². The number of hydrogen-bond donors (Lipinski definition) is 1. The molecule has 2 rings (SSSR count). The Bertz CT molecular complexity index is 655. The first-order valence-electron chi connectivity index (χ1n) is 5.63. The predicted molar refractivity (Wildman–Crippen MR) is 74.1 cm³/mol.